The van der Waals surface area contributed by atoms with Crippen molar-refractivity contribution >= 4 is 15.9 Å². The third kappa shape index (κ3) is 3.63. The maximum Gasteiger partial charge on any atom is 0.247 e. The van der Waals surface area contributed by atoms with Gasteiger partial charge in [-0.15, -0.1) is 0 Å². The first kappa shape index (κ1) is 15.2. The van der Waals surface area contributed by atoms with Crippen molar-refractivity contribution in [3.05, 3.63) is 0 Å². The van der Waals surface area contributed by atoms with Crippen LogP contribution in [0.15, 0.2) is 0 Å². The van der Waals surface area contributed by atoms with E-state index in [4.69, 9.17) is 20.9 Å². The van der Waals surface area contributed by atoms with E-state index in [-0.39, 0.29) is 6.42 Å². The molecule has 6 nitrogen and oxygen atoms in total. The molecule has 0 aliphatic heterocycles. The molecule has 0 saturated carbocycles. The molecule has 0 spiro atoms. The minimum atomic E-state index is -2.45. The maximum atomic E-state index is 9.77. The third-order valence-electron chi connectivity index (χ3n) is 2.17. The zero-order valence-electron chi connectivity index (χ0n) is 8.94. The number of ether oxygens (including phenoxy) is 2. The van der Waals surface area contributed by atoms with E-state index in [0.717, 1.165) is 0 Å². The van der Waals surface area contributed by atoms with Crippen LogP contribution in [0, 0.1) is 0 Å². The molecule has 0 rings (SSSR count). The van der Waals surface area contributed by atoms with E-state index >= 15 is 0 Å². The van der Waals surface area contributed by atoms with Crippen molar-refractivity contribution in [2.75, 3.05) is 19.5 Å². The molecule has 7 heteroatoms. The highest BCUT2D eigenvalue weighted by Gasteiger charge is 2.50. The molecule has 0 bridgehead atoms. The molecule has 0 aromatic carbocycles. The second kappa shape index (κ2) is 6.09. The number of methoxy groups -OCH3 is 2. The second-order valence-electron chi connectivity index (χ2n) is 3.36. The highest BCUT2D eigenvalue weighted by Crippen LogP contribution is 2.23. The first-order chi connectivity index (χ1) is 6.83. The van der Waals surface area contributed by atoms with Crippen LogP contribution in [0.1, 0.15) is 12.8 Å². The van der Waals surface area contributed by atoms with Crippen molar-refractivity contribution in [1.29, 1.82) is 0 Å². The summed E-state index contributed by atoms with van der Waals surface area (Å²) in [5.74, 6) is -2.45. The SMILES string of the molecule is COC(OC)C(O)(O)C(N)(N)CCCBr. The van der Waals surface area contributed by atoms with E-state index in [2.05, 4.69) is 15.9 Å². The molecule has 0 unspecified atom stereocenters. The monoisotopic (exact) mass is 286 g/mol. The van der Waals surface area contributed by atoms with Crippen LogP contribution in [-0.4, -0.2) is 47.5 Å². The van der Waals surface area contributed by atoms with Crippen molar-refractivity contribution in [3.8, 4) is 0 Å². The summed E-state index contributed by atoms with van der Waals surface area (Å²) >= 11 is 3.20. The van der Waals surface area contributed by atoms with E-state index in [1.54, 1.807) is 0 Å². The molecule has 6 N–H and O–H groups in total. The second-order valence-corrected chi connectivity index (χ2v) is 4.16. The zero-order valence-corrected chi connectivity index (χ0v) is 10.5. The number of hydrogen-bond donors (Lipinski definition) is 4. The van der Waals surface area contributed by atoms with Crippen LogP contribution in [0.3, 0.4) is 0 Å². The Labute approximate surface area is 97.7 Å². The molecule has 0 fully saturated rings. The smallest absolute Gasteiger partial charge is 0.247 e. The summed E-state index contributed by atoms with van der Waals surface area (Å²) in [6.45, 7) is 0. The van der Waals surface area contributed by atoms with Crippen LogP contribution in [0.2, 0.25) is 0 Å². The van der Waals surface area contributed by atoms with Crippen LogP contribution < -0.4 is 11.5 Å². The lowest BCUT2D eigenvalue weighted by Crippen LogP contribution is -2.72. The molecule has 0 atom stereocenters. The Bertz CT molecular complexity index is 185. The van der Waals surface area contributed by atoms with Crippen LogP contribution >= 0.6 is 15.9 Å². The summed E-state index contributed by atoms with van der Waals surface area (Å²) in [7, 11) is 2.55. The molecule has 0 saturated heterocycles. The summed E-state index contributed by atoms with van der Waals surface area (Å²) in [4.78, 5) is 0. The fourth-order valence-electron chi connectivity index (χ4n) is 1.19. The normalized spacial score (nSPS) is 13.6. The van der Waals surface area contributed by atoms with Gasteiger partial charge < -0.3 is 31.2 Å². The zero-order chi connectivity index (χ0) is 12.1. The topological polar surface area (TPSA) is 111 Å². The molecule has 0 aliphatic rings. The summed E-state index contributed by atoms with van der Waals surface area (Å²) in [6, 6.07) is 0. The number of hydrogen-bond acceptors (Lipinski definition) is 6. The van der Waals surface area contributed by atoms with Gasteiger partial charge in [0.15, 0.2) is 0 Å². The average Bonchev–Trinajstić information content (AvgIpc) is 2.16. The molecule has 0 heterocycles. The van der Waals surface area contributed by atoms with Gasteiger partial charge in [-0.2, -0.15) is 0 Å². The van der Waals surface area contributed by atoms with Crippen molar-refractivity contribution in [3.63, 3.8) is 0 Å². The predicted octanol–water partition coefficient (Wildman–Crippen LogP) is -0.925. The first-order valence-electron chi connectivity index (χ1n) is 4.47. The van der Waals surface area contributed by atoms with Crippen molar-refractivity contribution in [1.82, 2.24) is 0 Å². The van der Waals surface area contributed by atoms with Gasteiger partial charge >= 0.3 is 0 Å². The molecule has 92 valence electrons. The van der Waals surface area contributed by atoms with Gasteiger partial charge in [0, 0.05) is 19.5 Å². The Balaban J connectivity index is 4.65. The number of aliphatic hydroxyl groups is 2. The molecule has 0 radical (unpaired) electrons. The van der Waals surface area contributed by atoms with Gasteiger partial charge in [0.2, 0.25) is 12.1 Å². The Morgan fingerprint density at radius 1 is 1.27 bits per heavy atom. The van der Waals surface area contributed by atoms with Crippen LogP contribution in [0.25, 0.3) is 0 Å². The van der Waals surface area contributed by atoms with Crippen molar-refractivity contribution < 1.29 is 19.7 Å². The Hall–Kier alpha value is 0.240. The molecular formula is C8H19BrN2O4. The van der Waals surface area contributed by atoms with E-state index in [1.165, 1.54) is 14.2 Å². The molecule has 0 aromatic heterocycles. The number of nitrogens with two attached hydrogens (primary N) is 2. The summed E-state index contributed by atoms with van der Waals surface area (Å²) in [5.41, 5.74) is 9.56. The van der Waals surface area contributed by atoms with Gasteiger partial charge in [-0.3, -0.25) is 0 Å². The number of rotatable bonds is 7. The molecule has 0 aliphatic carbocycles. The minimum Gasteiger partial charge on any atom is -0.359 e. The Kier molecular flexibility index (Phi) is 6.19. The summed E-state index contributed by atoms with van der Waals surface area (Å²) in [6.07, 6.45) is -0.465. The molecule has 0 amide bonds. The number of alkyl halides is 1. The van der Waals surface area contributed by atoms with Crippen molar-refractivity contribution in [2.24, 2.45) is 11.5 Å². The van der Waals surface area contributed by atoms with Crippen LogP contribution in [0.5, 0.6) is 0 Å². The minimum absolute atomic E-state index is 0.217. The van der Waals surface area contributed by atoms with E-state index in [0.29, 0.717) is 11.8 Å². The van der Waals surface area contributed by atoms with Crippen LogP contribution in [0.4, 0.5) is 0 Å². The lowest BCUT2D eigenvalue weighted by Gasteiger charge is -2.40. The first-order valence-corrected chi connectivity index (χ1v) is 5.59. The van der Waals surface area contributed by atoms with Gasteiger partial charge in [-0.1, -0.05) is 15.9 Å². The molecular weight excluding hydrogens is 268 g/mol. The van der Waals surface area contributed by atoms with Gasteiger partial charge in [0.25, 0.3) is 0 Å². The lowest BCUT2D eigenvalue weighted by atomic mass is 9.95. The third-order valence-corrected chi connectivity index (χ3v) is 2.73. The fourth-order valence-corrected chi connectivity index (χ4v) is 1.47. The quantitative estimate of drug-likeness (QED) is 0.356. The van der Waals surface area contributed by atoms with Crippen LogP contribution in [-0.2, 0) is 9.47 Å². The van der Waals surface area contributed by atoms with Gasteiger partial charge in [0.05, 0.1) is 0 Å². The highest BCUT2D eigenvalue weighted by molar-refractivity contribution is 9.09. The van der Waals surface area contributed by atoms with Crippen molar-refractivity contribution in [2.45, 2.75) is 30.6 Å². The molecule has 15 heavy (non-hydrogen) atoms. The maximum absolute atomic E-state index is 9.77. The Morgan fingerprint density at radius 2 is 1.73 bits per heavy atom. The summed E-state index contributed by atoms with van der Waals surface area (Å²) in [5, 5.41) is 20.2. The predicted molar refractivity (Wildman–Crippen MR) is 59.1 cm³/mol. The highest BCUT2D eigenvalue weighted by atomic mass is 79.9. The standard InChI is InChI=1S/C8H19BrN2O4/c1-14-6(15-2)8(12,13)7(10,11)4-3-5-9/h6,12-13H,3-5,10-11H2,1-2H3. The number of halogens is 1. The van der Waals surface area contributed by atoms with Gasteiger partial charge in [-0.05, 0) is 12.8 Å². The largest absolute Gasteiger partial charge is 0.359 e. The van der Waals surface area contributed by atoms with E-state index in [1.807, 2.05) is 0 Å². The van der Waals surface area contributed by atoms with Gasteiger partial charge in [0.1, 0.15) is 5.66 Å². The Morgan fingerprint density at radius 3 is 2.07 bits per heavy atom. The van der Waals surface area contributed by atoms with Gasteiger partial charge in [-0.25, -0.2) is 0 Å². The van der Waals surface area contributed by atoms with E-state index < -0.39 is 17.7 Å². The lowest BCUT2D eigenvalue weighted by molar-refractivity contribution is -0.333. The fraction of sp³-hybridized carbons (Fsp3) is 1.00. The summed E-state index contributed by atoms with van der Waals surface area (Å²) < 4.78 is 9.47. The molecule has 0 aromatic rings. The van der Waals surface area contributed by atoms with E-state index in [9.17, 15) is 10.2 Å². The average molecular weight is 287 g/mol.